The lowest BCUT2D eigenvalue weighted by Crippen LogP contribution is -2.45. The van der Waals surface area contributed by atoms with Crippen molar-refractivity contribution in [2.24, 2.45) is 17.8 Å². The van der Waals surface area contributed by atoms with Gasteiger partial charge in [-0.15, -0.1) is 0 Å². The first-order valence-corrected chi connectivity index (χ1v) is 8.63. The molecule has 0 saturated heterocycles. The minimum atomic E-state index is -4.91. The lowest BCUT2D eigenvalue weighted by atomic mass is 9.98. The van der Waals surface area contributed by atoms with Crippen LogP contribution in [0.25, 0.3) is 0 Å². The number of alkyl halides is 3. The van der Waals surface area contributed by atoms with Crippen LogP contribution in [0.4, 0.5) is 18.9 Å². The van der Waals surface area contributed by atoms with Gasteiger partial charge in [-0.3, -0.25) is 4.99 Å². The summed E-state index contributed by atoms with van der Waals surface area (Å²) in [5, 5.41) is 13.0. The molecule has 0 aliphatic heterocycles. The van der Waals surface area contributed by atoms with Gasteiger partial charge < -0.3 is 25.5 Å². The number of aliphatic imine (C=N–C) groups is 1. The predicted octanol–water partition coefficient (Wildman–Crippen LogP) is 2.77. The Morgan fingerprint density at radius 1 is 1.32 bits per heavy atom. The van der Waals surface area contributed by atoms with E-state index in [-0.39, 0.29) is 18.6 Å². The fourth-order valence-corrected chi connectivity index (χ4v) is 2.56. The molecular weight excluding hydrogens is 375 g/mol. The normalized spacial score (nSPS) is 14.8. The summed E-state index contributed by atoms with van der Waals surface area (Å²) in [7, 11) is 1.38. The van der Waals surface area contributed by atoms with E-state index in [1.165, 1.54) is 19.4 Å². The van der Waals surface area contributed by atoms with Gasteiger partial charge in [0, 0.05) is 38.1 Å². The zero-order valence-electron chi connectivity index (χ0n) is 15.9. The standard InChI is InChI=1S/C18H24F3N5O2/c1-12(2)28-14-6-4-13(5-7-14)25-16(22)24-9-8-17(27,18(19,20)21)15-23-10-11-26(15)3/h4-7,10-12,27H,8-9H2,1-3H3,(H3,22,24,25). The number of halogens is 3. The Morgan fingerprint density at radius 2 is 1.96 bits per heavy atom. The van der Waals surface area contributed by atoms with Crippen molar-refractivity contribution < 1.29 is 23.0 Å². The Kier molecular flexibility index (Phi) is 6.55. The fraction of sp³-hybridized carbons (Fsp3) is 0.444. The second-order valence-electron chi connectivity index (χ2n) is 6.55. The average Bonchev–Trinajstić information content (AvgIpc) is 3.01. The van der Waals surface area contributed by atoms with E-state index in [1.807, 2.05) is 13.8 Å². The van der Waals surface area contributed by atoms with E-state index in [0.717, 1.165) is 4.57 Å². The van der Waals surface area contributed by atoms with Crippen molar-refractivity contribution in [3.8, 4) is 5.75 Å². The molecule has 10 heteroatoms. The van der Waals surface area contributed by atoms with E-state index in [0.29, 0.717) is 11.4 Å². The van der Waals surface area contributed by atoms with Gasteiger partial charge in [0.1, 0.15) is 11.6 Å². The third-order valence-corrected chi connectivity index (χ3v) is 3.91. The minimum absolute atomic E-state index is 0.0385. The number of hydrogen-bond acceptors (Lipinski definition) is 4. The van der Waals surface area contributed by atoms with Gasteiger partial charge in [-0.25, -0.2) is 4.98 Å². The number of aliphatic hydroxyl groups is 1. The number of aryl methyl sites for hydroxylation is 1. The van der Waals surface area contributed by atoms with Crippen molar-refractivity contribution in [1.29, 1.82) is 0 Å². The highest BCUT2D eigenvalue weighted by Gasteiger charge is 2.57. The van der Waals surface area contributed by atoms with Crippen LogP contribution in [0, 0.1) is 0 Å². The van der Waals surface area contributed by atoms with E-state index in [1.54, 1.807) is 24.3 Å². The summed E-state index contributed by atoms with van der Waals surface area (Å²) >= 11 is 0. The van der Waals surface area contributed by atoms with Gasteiger partial charge in [-0.1, -0.05) is 0 Å². The maximum absolute atomic E-state index is 13.4. The summed E-state index contributed by atoms with van der Waals surface area (Å²) in [6, 6.07) is 6.89. The molecule has 1 aromatic carbocycles. The smallest absolute Gasteiger partial charge is 0.424 e. The number of nitrogens with one attached hydrogen (secondary N) is 1. The lowest BCUT2D eigenvalue weighted by Gasteiger charge is -2.29. The summed E-state index contributed by atoms with van der Waals surface area (Å²) in [6.07, 6.45) is -3.06. The molecule has 154 valence electrons. The molecule has 28 heavy (non-hydrogen) atoms. The molecule has 0 saturated carbocycles. The Morgan fingerprint density at radius 3 is 2.46 bits per heavy atom. The molecule has 1 aromatic heterocycles. The first kappa shape index (κ1) is 21.5. The summed E-state index contributed by atoms with van der Waals surface area (Å²) in [4.78, 5) is 7.52. The zero-order valence-corrected chi connectivity index (χ0v) is 15.9. The van der Waals surface area contributed by atoms with Gasteiger partial charge in [0.05, 0.1) is 6.10 Å². The first-order chi connectivity index (χ1) is 13.0. The number of benzene rings is 1. The number of aromatic nitrogens is 2. The van der Waals surface area contributed by atoms with Gasteiger partial charge in [0.25, 0.3) is 0 Å². The van der Waals surface area contributed by atoms with E-state index in [2.05, 4.69) is 15.3 Å². The van der Waals surface area contributed by atoms with Gasteiger partial charge in [0.15, 0.2) is 5.96 Å². The molecule has 7 nitrogen and oxygen atoms in total. The Balaban J connectivity index is 2.02. The Labute approximate surface area is 161 Å². The zero-order chi connectivity index (χ0) is 20.9. The lowest BCUT2D eigenvalue weighted by molar-refractivity contribution is -0.272. The van der Waals surface area contributed by atoms with E-state index in [9.17, 15) is 18.3 Å². The third-order valence-electron chi connectivity index (χ3n) is 3.91. The maximum atomic E-state index is 13.4. The molecule has 0 aliphatic rings. The third kappa shape index (κ3) is 5.16. The van der Waals surface area contributed by atoms with E-state index >= 15 is 0 Å². The number of guanidine groups is 1. The van der Waals surface area contributed by atoms with Crippen LogP contribution < -0.4 is 15.8 Å². The van der Waals surface area contributed by atoms with Crippen LogP contribution in [-0.4, -0.2) is 39.4 Å². The number of ether oxygens (including phenoxy) is 1. The number of nitrogens with zero attached hydrogens (tertiary/aromatic N) is 3. The minimum Gasteiger partial charge on any atom is -0.491 e. The van der Waals surface area contributed by atoms with Crippen molar-refractivity contribution in [3.05, 3.63) is 42.5 Å². The quantitative estimate of drug-likeness (QED) is 0.491. The van der Waals surface area contributed by atoms with Gasteiger partial charge in [-0.2, -0.15) is 13.2 Å². The molecule has 0 spiro atoms. The van der Waals surface area contributed by atoms with E-state index in [4.69, 9.17) is 10.5 Å². The number of anilines is 1. The Bertz CT molecular complexity index is 802. The first-order valence-electron chi connectivity index (χ1n) is 8.63. The van der Waals surface area contributed by atoms with Gasteiger partial charge in [-0.05, 0) is 38.1 Å². The van der Waals surface area contributed by atoms with Crippen molar-refractivity contribution in [2.45, 2.75) is 38.1 Å². The molecule has 0 fully saturated rings. The van der Waals surface area contributed by atoms with Crippen LogP contribution in [-0.2, 0) is 12.6 Å². The highest BCUT2D eigenvalue weighted by molar-refractivity contribution is 5.92. The molecule has 2 aromatic rings. The van der Waals surface area contributed by atoms with Crippen molar-refractivity contribution in [3.63, 3.8) is 0 Å². The van der Waals surface area contributed by atoms with Crippen LogP contribution in [0.5, 0.6) is 5.75 Å². The summed E-state index contributed by atoms with van der Waals surface area (Å²) in [5.74, 6) is 0.116. The molecule has 1 atom stereocenters. The predicted molar refractivity (Wildman–Crippen MR) is 100 cm³/mol. The number of hydrogen-bond donors (Lipinski definition) is 3. The van der Waals surface area contributed by atoms with Crippen molar-refractivity contribution in [2.75, 3.05) is 11.9 Å². The molecule has 4 N–H and O–H groups in total. The van der Waals surface area contributed by atoms with Gasteiger partial charge >= 0.3 is 6.18 Å². The molecule has 1 unspecified atom stereocenters. The molecule has 2 rings (SSSR count). The SMILES string of the molecule is CC(C)Oc1ccc(NC(N)=NCCC(O)(c2nccn2C)C(F)(F)F)cc1. The van der Waals surface area contributed by atoms with Gasteiger partial charge in [0.2, 0.25) is 5.60 Å². The Hall–Kier alpha value is -2.75. The molecular formula is C18H24F3N5O2. The van der Waals surface area contributed by atoms with Crippen LogP contribution >= 0.6 is 0 Å². The topological polar surface area (TPSA) is 97.7 Å². The molecule has 1 heterocycles. The highest BCUT2D eigenvalue weighted by Crippen LogP contribution is 2.40. The maximum Gasteiger partial charge on any atom is 0.424 e. The number of rotatable bonds is 7. The van der Waals surface area contributed by atoms with E-state index < -0.39 is 24.0 Å². The molecule has 0 aliphatic carbocycles. The molecule has 0 radical (unpaired) electrons. The number of imidazole rings is 1. The van der Waals surface area contributed by atoms with Crippen LogP contribution in [0.1, 0.15) is 26.1 Å². The second-order valence-corrected chi connectivity index (χ2v) is 6.55. The van der Waals surface area contributed by atoms with Crippen molar-refractivity contribution >= 4 is 11.6 Å². The van der Waals surface area contributed by atoms with Crippen LogP contribution in [0.3, 0.4) is 0 Å². The number of nitrogens with two attached hydrogens (primary N) is 1. The van der Waals surface area contributed by atoms with Crippen LogP contribution in [0.2, 0.25) is 0 Å². The van der Waals surface area contributed by atoms with Crippen molar-refractivity contribution in [1.82, 2.24) is 9.55 Å². The van der Waals surface area contributed by atoms with Crippen LogP contribution in [0.15, 0.2) is 41.7 Å². The summed E-state index contributed by atoms with van der Waals surface area (Å²) < 4.78 is 47.0. The monoisotopic (exact) mass is 399 g/mol. The highest BCUT2D eigenvalue weighted by atomic mass is 19.4. The molecule has 0 bridgehead atoms. The fourth-order valence-electron chi connectivity index (χ4n) is 2.56. The summed E-state index contributed by atoms with van der Waals surface area (Å²) in [6.45, 7) is 3.46. The molecule has 0 amide bonds. The largest absolute Gasteiger partial charge is 0.491 e. The second kappa shape index (κ2) is 8.51. The summed E-state index contributed by atoms with van der Waals surface area (Å²) in [5.41, 5.74) is 3.22. The average molecular weight is 399 g/mol.